The molecule has 3 unspecified atom stereocenters. The van der Waals surface area contributed by atoms with E-state index in [9.17, 15) is 8.42 Å². The summed E-state index contributed by atoms with van der Waals surface area (Å²) in [6, 6.07) is 7.30. The molecule has 2 fully saturated rings. The van der Waals surface area contributed by atoms with E-state index in [0.29, 0.717) is 36.4 Å². The molecule has 1 heterocycles. The monoisotopic (exact) mass is 360 g/mol. The van der Waals surface area contributed by atoms with E-state index >= 15 is 0 Å². The normalized spacial score (nSPS) is 27.7. The number of hydrogen-bond donors (Lipinski definition) is 1. The lowest BCUT2D eigenvalue weighted by Crippen LogP contribution is -2.33. The number of nitrogens with two attached hydrogens (primary N) is 1. The van der Waals surface area contributed by atoms with Gasteiger partial charge in [0.05, 0.1) is 11.5 Å². The molecule has 7 heteroatoms. The first-order valence-corrected chi connectivity index (χ1v) is 9.30. The van der Waals surface area contributed by atoms with E-state index in [1.165, 1.54) is 0 Å². The number of sulfonamides is 1. The number of hydrogen-bond acceptors (Lipinski definition) is 4. The van der Waals surface area contributed by atoms with Gasteiger partial charge in [0, 0.05) is 26.2 Å². The van der Waals surface area contributed by atoms with E-state index in [1.54, 1.807) is 23.5 Å². The van der Waals surface area contributed by atoms with Crippen molar-refractivity contribution in [3.05, 3.63) is 29.8 Å². The van der Waals surface area contributed by atoms with Crippen LogP contribution in [0.2, 0.25) is 0 Å². The molecule has 0 bridgehead atoms. The highest BCUT2D eigenvalue weighted by atomic mass is 35.5. The van der Waals surface area contributed by atoms with Crippen LogP contribution in [0.3, 0.4) is 0 Å². The second kappa shape index (κ2) is 7.49. The first-order chi connectivity index (χ1) is 10.5. The minimum Gasteiger partial charge on any atom is -0.384 e. The molecule has 1 saturated carbocycles. The van der Waals surface area contributed by atoms with Crippen molar-refractivity contribution in [1.29, 1.82) is 0 Å². The molecule has 2 N–H and O–H groups in total. The number of nitrogens with zero attached hydrogens (tertiary/aromatic N) is 1. The zero-order valence-corrected chi connectivity index (χ0v) is 15.0. The van der Waals surface area contributed by atoms with Gasteiger partial charge in [0.1, 0.15) is 0 Å². The van der Waals surface area contributed by atoms with Gasteiger partial charge in [-0.15, -0.1) is 12.4 Å². The van der Waals surface area contributed by atoms with Crippen molar-refractivity contribution in [2.24, 2.45) is 17.6 Å². The molecule has 1 aliphatic carbocycles. The summed E-state index contributed by atoms with van der Waals surface area (Å²) in [5, 5.41) is 0. The third-order valence-corrected chi connectivity index (χ3v) is 6.88. The van der Waals surface area contributed by atoms with Crippen LogP contribution in [-0.4, -0.2) is 45.6 Å². The Balaban J connectivity index is 0.00000192. The van der Waals surface area contributed by atoms with Gasteiger partial charge < -0.3 is 10.5 Å². The van der Waals surface area contributed by atoms with E-state index in [4.69, 9.17) is 10.5 Å². The van der Waals surface area contributed by atoms with Crippen molar-refractivity contribution in [2.45, 2.75) is 30.2 Å². The molecule has 1 aromatic carbocycles. The molecular formula is C16H25ClN2O3S. The van der Waals surface area contributed by atoms with E-state index < -0.39 is 10.0 Å². The van der Waals surface area contributed by atoms with Crippen molar-refractivity contribution < 1.29 is 13.2 Å². The van der Waals surface area contributed by atoms with Crippen molar-refractivity contribution in [1.82, 2.24) is 4.31 Å². The summed E-state index contributed by atoms with van der Waals surface area (Å²) in [6.07, 6.45) is 2.87. The highest BCUT2D eigenvalue weighted by Crippen LogP contribution is 2.39. The molecule has 0 spiro atoms. The van der Waals surface area contributed by atoms with Crippen molar-refractivity contribution in [3.8, 4) is 0 Å². The van der Waals surface area contributed by atoms with E-state index in [-0.39, 0.29) is 18.4 Å². The summed E-state index contributed by atoms with van der Waals surface area (Å²) >= 11 is 0. The van der Waals surface area contributed by atoms with E-state index in [1.807, 2.05) is 12.1 Å². The Morgan fingerprint density at radius 2 is 1.91 bits per heavy atom. The first kappa shape index (κ1) is 18.7. The smallest absolute Gasteiger partial charge is 0.243 e. The maximum Gasteiger partial charge on any atom is 0.243 e. The lowest BCUT2D eigenvalue weighted by atomic mass is 9.98. The number of methoxy groups -OCH3 is 1. The fraction of sp³-hybridized carbons (Fsp3) is 0.625. The average Bonchev–Trinajstić information content (AvgIpc) is 3.09. The zero-order chi connectivity index (χ0) is 15.7. The Morgan fingerprint density at radius 1 is 1.22 bits per heavy atom. The number of benzene rings is 1. The number of halogens is 1. The molecule has 130 valence electrons. The van der Waals surface area contributed by atoms with Crippen LogP contribution in [0.1, 0.15) is 18.4 Å². The SMILES string of the molecule is COCCc1ccc(S(=O)(=O)N2CC3CCC(N)C3C2)cc1.Cl. The summed E-state index contributed by atoms with van der Waals surface area (Å²) < 4.78 is 32.2. The minimum atomic E-state index is -3.39. The van der Waals surface area contributed by atoms with Crippen LogP contribution >= 0.6 is 12.4 Å². The first-order valence-electron chi connectivity index (χ1n) is 7.86. The van der Waals surface area contributed by atoms with Gasteiger partial charge >= 0.3 is 0 Å². The van der Waals surface area contributed by atoms with Crippen LogP contribution in [0.4, 0.5) is 0 Å². The van der Waals surface area contributed by atoms with Gasteiger partial charge in [-0.05, 0) is 48.8 Å². The molecule has 23 heavy (non-hydrogen) atoms. The maximum atomic E-state index is 12.8. The van der Waals surface area contributed by atoms with Crippen molar-refractivity contribution >= 4 is 22.4 Å². The molecule has 1 saturated heterocycles. The van der Waals surface area contributed by atoms with Crippen LogP contribution in [0.15, 0.2) is 29.2 Å². The van der Waals surface area contributed by atoms with Crippen molar-refractivity contribution in [2.75, 3.05) is 26.8 Å². The fourth-order valence-corrected chi connectivity index (χ4v) is 5.19. The third-order valence-electron chi connectivity index (χ3n) is 5.03. The molecule has 3 atom stereocenters. The van der Waals surface area contributed by atoms with Crippen LogP contribution in [0.25, 0.3) is 0 Å². The number of fused-ring (bicyclic) bond motifs is 1. The van der Waals surface area contributed by atoms with Gasteiger partial charge in [0.15, 0.2) is 0 Å². The van der Waals surface area contributed by atoms with Gasteiger partial charge in [-0.25, -0.2) is 8.42 Å². The average molecular weight is 361 g/mol. The molecule has 1 aliphatic heterocycles. The Kier molecular flexibility index (Phi) is 6.08. The lowest BCUT2D eigenvalue weighted by Gasteiger charge is -2.18. The van der Waals surface area contributed by atoms with Gasteiger partial charge in [-0.2, -0.15) is 4.31 Å². The standard InChI is InChI=1S/C16H24N2O3S.ClH/c1-21-9-8-12-2-5-14(6-3-12)22(19,20)18-10-13-4-7-16(17)15(13)11-18;/h2-3,5-6,13,15-16H,4,7-11,17H2,1H3;1H. The van der Waals surface area contributed by atoms with Gasteiger partial charge in [0.2, 0.25) is 10.0 Å². The summed E-state index contributed by atoms with van der Waals surface area (Å²) in [5.74, 6) is 0.765. The van der Waals surface area contributed by atoms with E-state index in [2.05, 4.69) is 0 Å². The van der Waals surface area contributed by atoms with Gasteiger partial charge in [0.25, 0.3) is 0 Å². The predicted molar refractivity (Wildman–Crippen MR) is 92.2 cm³/mol. The molecule has 0 aromatic heterocycles. The van der Waals surface area contributed by atoms with Crippen molar-refractivity contribution in [3.63, 3.8) is 0 Å². The van der Waals surface area contributed by atoms with Gasteiger partial charge in [-0.3, -0.25) is 0 Å². The Bertz CT molecular complexity index is 621. The molecule has 1 aromatic rings. The lowest BCUT2D eigenvalue weighted by molar-refractivity contribution is 0.202. The molecule has 5 nitrogen and oxygen atoms in total. The van der Waals surface area contributed by atoms with Crippen LogP contribution < -0.4 is 5.73 Å². The molecule has 2 aliphatic rings. The highest BCUT2D eigenvalue weighted by Gasteiger charge is 2.44. The Morgan fingerprint density at radius 3 is 2.52 bits per heavy atom. The van der Waals surface area contributed by atoms with E-state index in [0.717, 1.165) is 24.8 Å². The summed E-state index contributed by atoms with van der Waals surface area (Å²) in [6.45, 7) is 1.82. The second-order valence-corrected chi connectivity index (χ2v) is 8.31. The Labute approximate surface area is 144 Å². The molecule has 0 amide bonds. The molecule has 3 rings (SSSR count). The molecular weight excluding hydrogens is 336 g/mol. The summed E-state index contributed by atoms with van der Waals surface area (Å²) in [5.41, 5.74) is 7.18. The summed E-state index contributed by atoms with van der Waals surface area (Å²) in [4.78, 5) is 0.377. The molecule has 0 radical (unpaired) electrons. The Hall–Kier alpha value is -0.660. The predicted octanol–water partition coefficient (Wildman–Crippen LogP) is 1.66. The van der Waals surface area contributed by atoms with Gasteiger partial charge in [-0.1, -0.05) is 12.1 Å². The number of ether oxygens (including phenoxy) is 1. The second-order valence-electron chi connectivity index (χ2n) is 6.37. The number of rotatable bonds is 5. The third kappa shape index (κ3) is 3.72. The highest BCUT2D eigenvalue weighted by molar-refractivity contribution is 7.89. The fourth-order valence-electron chi connectivity index (χ4n) is 3.66. The topological polar surface area (TPSA) is 72.6 Å². The van der Waals surface area contributed by atoms with Crippen LogP contribution in [-0.2, 0) is 21.2 Å². The maximum absolute atomic E-state index is 12.8. The quantitative estimate of drug-likeness (QED) is 0.866. The summed E-state index contributed by atoms with van der Waals surface area (Å²) in [7, 11) is -1.73. The largest absolute Gasteiger partial charge is 0.384 e. The van der Waals surface area contributed by atoms with Crippen LogP contribution in [0.5, 0.6) is 0 Å². The minimum absolute atomic E-state index is 0. The van der Waals surface area contributed by atoms with Crippen LogP contribution in [0, 0.1) is 11.8 Å². The zero-order valence-electron chi connectivity index (χ0n) is 13.3.